The van der Waals surface area contributed by atoms with E-state index in [9.17, 15) is 22.6 Å². The zero-order valence-electron chi connectivity index (χ0n) is 25.1. The van der Waals surface area contributed by atoms with Crippen LogP contribution in [0.5, 0.6) is 0 Å². The minimum atomic E-state index is -4.38. The Balaban J connectivity index is 1.13. The molecule has 0 aliphatic carbocycles. The maximum Gasteiger partial charge on any atom is 0.294 e. The van der Waals surface area contributed by atoms with Gasteiger partial charge in [0, 0.05) is 0 Å². The van der Waals surface area contributed by atoms with Gasteiger partial charge in [0.05, 0.1) is 37.7 Å². The molecule has 0 fully saturated rings. The maximum absolute atomic E-state index is 13.0. The second kappa shape index (κ2) is 13.2. The molecule has 2 aliphatic rings. The van der Waals surface area contributed by atoms with Crippen molar-refractivity contribution in [1.29, 1.82) is 0 Å². The van der Waals surface area contributed by atoms with Crippen LogP contribution in [0.1, 0.15) is 13.8 Å². The molecule has 0 radical (unpaired) electrons. The number of rotatable bonds is 8. The number of carbonyl (C=O) groups is 2. The summed E-state index contributed by atoms with van der Waals surface area (Å²) < 4.78 is 31.8. The smallest absolute Gasteiger partial charge is 0.282 e. The summed E-state index contributed by atoms with van der Waals surface area (Å²) in [7, 11) is -4.38. The number of hydrogen-bond donors (Lipinski definition) is 1. The molecule has 0 bridgehead atoms. The molecule has 0 aromatic heterocycles. The zero-order valence-corrected chi connectivity index (χ0v) is 27.5. The zero-order chi connectivity index (χ0) is 34.2. The lowest BCUT2D eigenvalue weighted by Gasteiger charge is -2.12. The van der Waals surface area contributed by atoms with Crippen molar-refractivity contribution >= 4 is 79.3 Å². The van der Waals surface area contributed by atoms with E-state index in [-0.39, 0.29) is 15.8 Å². The van der Waals surface area contributed by atoms with Crippen LogP contribution in [-0.2, 0) is 19.7 Å². The minimum Gasteiger partial charge on any atom is -0.282 e. The highest BCUT2D eigenvalue weighted by molar-refractivity contribution is 7.85. The van der Waals surface area contributed by atoms with Gasteiger partial charge in [-0.2, -0.15) is 49.1 Å². The third-order valence-corrected chi connectivity index (χ3v) is 8.84. The Morgan fingerprint density at radius 3 is 1.52 bits per heavy atom. The van der Waals surface area contributed by atoms with Crippen molar-refractivity contribution in [3.8, 4) is 11.1 Å². The highest BCUT2D eigenvalue weighted by atomic mass is 35.5. The highest BCUT2D eigenvalue weighted by Crippen LogP contribution is 2.36. The molecule has 0 saturated heterocycles. The molecular weight excluding hydrogens is 679 g/mol. The number of amides is 2. The standard InChI is InChI=1S/C32H24Cl2N8O5S/c1-18-29(31(43)41(39-18)22-6-4-3-5-7-22)37-35-27-14-8-20(16-25(27)33)21-9-15-28(26(34)17-21)36-38-30-19(2)40-42(32(30)44)23-10-12-24(13-11-23)48(45,46)47/h3-17,29-30H,1-2H3,(H,45,46,47). The van der Waals surface area contributed by atoms with E-state index in [1.54, 1.807) is 62.4 Å². The Labute approximate surface area is 284 Å². The van der Waals surface area contributed by atoms with Gasteiger partial charge < -0.3 is 0 Å². The van der Waals surface area contributed by atoms with Gasteiger partial charge in [0.25, 0.3) is 21.9 Å². The van der Waals surface area contributed by atoms with Crippen molar-refractivity contribution in [3.63, 3.8) is 0 Å². The number of hydrogen-bond acceptors (Lipinski definition) is 10. The largest absolute Gasteiger partial charge is 0.294 e. The number of carbonyl (C=O) groups excluding carboxylic acids is 2. The minimum absolute atomic E-state index is 0.270. The lowest BCUT2D eigenvalue weighted by atomic mass is 10.0. The molecule has 242 valence electrons. The second-order valence-corrected chi connectivity index (χ2v) is 12.9. The van der Waals surface area contributed by atoms with Crippen molar-refractivity contribution in [2.75, 3.05) is 10.0 Å². The first-order valence-electron chi connectivity index (χ1n) is 14.2. The van der Waals surface area contributed by atoms with Gasteiger partial charge in [-0.3, -0.25) is 14.1 Å². The fourth-order valence-corrected chi connectivity index (χ4v) is 5.77. The summed E-state index contributed by atoms with van der Waals surface area (Å²) in [4.78, 5) is 25.7. The number of halogens is 2. The van der Waals surface area contributed by atoms with Gasteiger partial charge in [-0.15, -0.1) is 0 Å². The predicted octanol–water partition coefficient (Wildman–Crippen LogP) is 7.66. The van der Waals surface area contributed by atoms with E-state index < -0.39 is 28.1 Å². The van der Waals surface area contributed by atoms with E-state index in [4.69, 9.17) is 23.2 Å². The highest BCUT2D eigenvalue weighted by Gasteiger charge is 2.36. The van der Waals surface area contributed by atoms with Crippen LogP contribution in [0.2, 0.25) is 10.0 Å². The Morgan fingerprint density at radius 1 is 0.667 bits per heavy atom. The third kappa shape index (κ3) is 6.64. The second-order valence-electron chi connectivity index (χ2n) is 10.7. The van der Waals surface area contributed by atoms with Gasteiger partial charge in [-0.25, -0.2) is 0 Å². The Kier molecular flexibility index (Phi) is 8.99. The summed E-state index contributed by atoms with van der Waals surface area (Å²) in [5, 5.41) is 28.3. The van der Waals surface area contributed by atoms with Crippen LogP contribution >= 0.6 is 23.2 Å². The first kappa shape index (κ1) is 32.8. The van der Waals surface area contributed by atoms with E-state index >= 15 is 0 Å². The van der Waals surface area contributed by atoms with Crippen LogP contribution in [0.4, 0.5) is 22.7 Å². The summed E-state index contributed by atoms with van der Waals surface area (Å²) in [6.07, 6.45) is 0. The van der Waals surface area contributed by atoms with E-state index in [0.717, 1.165) is 28.3 Å². The van der Waals surface area contributed by atoms with Gasteiger partial charge in [-0.1, -0.05) is 53.5 Å². The third-order valence-electron chi connectivity index (χ3n) is 7.36. The molecule has 2 atom stereocenters. The lowest BCUT2D eigenvalue weighted by Crippen LogP contribution is -2.29. The van der Waals surface area contributed by atoms with Gasteiger partial charge in [0.15, 0.2) is 12.1 Å². The van der Waals surface area contributed by atoms with E-state index in [1.807, 2.05) is 18.2 Å². The summed E-state index contributed by atoms with van der Waals surface area (Å²) in [5.74, 6) is -0.809. The Bertz CT molecular complexity index is 2170. The molecule has 2 heterocycles. The normalized spacial score (nSPS) is 18.4. The van der Waals surface area contributed by atoms with E-state index in [2.05, 4.69) is 30.7 Å². The van der Waals surface area contributed by atoms with Crippen molar-refractivity contribution < 1.29 is 22.6 Å². The van der Waals surface area contributed by atoms with Gasteiger partial charge in [0.2, 0.25) is 0 Å². The van der Waals surface area contributed by atoms with Crippen molar-refractivity contribution in [2.24, 2.45) is 30.7 Å². The van der Waals surface area contributed by atoms with E-state index in [1.165, 1.54) is 17.1 Å². The average Bonchev–Trinajstić information content (AvgIpc) is 3.52. The number of benzene rings is 4. The quantitative estimate of drug-likeness (QED) is 0.147. The maximum atomic E-state index is 13.0. The Hall–Kier alpha value is -5.15. The molecular formula is C32H24Cl2N8O5S. The number of para-hydroxylation sites is 1. The van der Waals surface area contributed by atoms with Crippen LogP contribution in [0.25, 0.3) is 11.1 Å². The van der Waals surface area contributed by atoms with Crippen LogP contribution < -0.4 is 10.0 Å². The molecule has 6 rings (SSSR count). The first-order valence-corrected chi connectivity index (χ1v) is 16.4. The molecule has 13 nitrogen and oxygen atoms in total. The van der Waals surface area contributed by atoms with Crippen molar-refractivity contribution in [1.82, 2.24) is 0 Å². The van der Waals surface area contributed by atoms with Gasteiger partial charge >= 0.3 is 0 Å². The molecule has 2 amide bonds. The predicted molar refractivity (Wildman–Crippen MR) is 182 cm³/mol. The molecule has 4 aromatic carbocycles. The van der Waals surface area contributed by atoms with Crippen LogP contribution in [0.15, 0.2) is 127 Å². The van der Waals surface area contributed by atoms with Crippen LogP contribution in [0, 0.1) is 0 Å². The topological polar surface area (TPSA) is 169 Å². The first-order chi connectivity index (χ1) is 22.9. The summed E-state index contributed by atoms with van der Waals surface area (Å²) >= 11 is 13.1. The van der Waals surface area contributed by atoms with E-state index in [0.29, 0.717) is 39.2 Å². The van der Waals surface area contributed by atoms with Crippen molar-refractivity contribution in [2.45, 2.75) is 30.8 Å². The Morgan fingerprint density at radius 2 is 1.10 bits per heavy atom. The number of azo groups is 2. The fraction of sp³-hybridized carbons (Fsp3) is 0.125. The molecule has 0 spiro atoms. The average molecular weight is 704 g/mol. The summed E-state index contributed by atoms with van der Waals surface area (Å²) in [5.41, 5.74) is 3.97. The number of nitrogens with zero attached hydrogens (tertiary/aromatic N) is 8. The molecule has 1 N–H and O–H groups in total. The molecule has 48 heavy (non-hydrogen) atoms. The molecule has 2 unspecified atom stereocenters. The number of anilines is 2. The van der Waals surface area contributed by atoms with Crippen molar-refractivity contribution in [3.05, 3.63) is 101 Å². The molecule has 4 aromatic rings. The fourth-order valence-electron chi connectivity index (χ4n) is 4.85. The molecule has 16 heteroatoms. The van der Waals surface area contributed by atoms with Gasteiger partial charge in [0.1, 0.15) is 11.4 Å². The lowest BCUT2D eigenvalue weighted by molar-refractivity contribution is -0.118. The summed E-state index contributed by atoms with van der Waals surface area (Å²) in [6.45, 7) is 3.33. The molecule has 0 saturated carbocycles. The van der Waals surface area contributed by atoms with Gasteiger partial charge in [-0.05, 0) is 85.6 Å². The SMILES string of the molecule is CC1=NN(c2ccccc2)C(=O)C1N=Nc1ccc(-c2ccc(N=NC3C(=O)N(c4ccc(S(=O)(=O)O)cc4)N=C3C)c(Cl)c2)cc1Cl. The molecule has 2 aliphatic heterocycles. The van der Waals surface area contributed by atoms with Crippen LogP contribution in [-0.4, -0.2) is 48.3 Å². The number of hydrazone groups is 2. The summed E-state index contributed by atoms with van der Waals surface area (Å²) in [6, 6.07) is 22.5. The van der Waals surface area contributed by atoms with Crippen LogP contribution in [0.3, 0.4) is 0 Å². The monoisotopic (exact) mass is 702 g/mol.